The SMILES string of the molecule is CCOC(=O)CCc1ccc(Oc2cc(C)cc(C(C)=O)c2)cc1CC. The molecule has 0 amide bonds. The minimum absolute atomic E-state index is 0.0158. The summed E-state index contributed by atoms with van der Waals surface area (Å²) < 4.78 is 11.0. The molecule has 0 heterocycles. The van der Waals surface area contributed by atoms with Crippen molar-refractivity contribution in [2.45, 2.75) is 47.0 Å². The van der Waals surface area contributed by atoms with Crippen molar-refractivity contribution in [1.29, 1.82) is 0 Å². The van der Waals surface area contributed by atoms with E-state index in [1.165, 1.54) is 0 Å². The molecule has 0 N–H and O–H groups in total. The number of hydrogen-bond donors (Lipinski definition) is 0. The first-order valence-electron chi connectivity index (χ1n) is 9.00. The second kappa shape index (κ2) is 9.18. The van der Waals surface area contributed by atoms with Gasteiger partial charge in [-0.15, -0.1) is 0 Å². The van der Waals surface area contributed by atoms with Crippen LogP contribution < -0.4 is 4.74 Å². The standard InChI is InChI=1S/C22H26O4/c1-5-17-13-20(9-7-18(17)8-10-22(24)25-6-2)26-21-12-15(3)11-19(14-21)16(4)23/h7,9,11-14H,5-6,8,10H2,1-4H3. The molecular formula is C22H26O4. The van der Waals surface area contributed by atoms with Crippen LogP contribution in [0.1, 0.15) is 54.2 Å². The Morgan fingerprint density at radius 1 is 0.962 bits per heavy atom. The Morgan fingerprint density at radius 2 is 1.73 bits per heavy atom. The molecular weight excluding hydrogens is 328 g/mol. The third-order valence-corrected chi connectivity index (χ3v) is 4.16. The van der Waals surface area contributed by atoms with Crippen molar-refractivity contribution < 1.29 is 19.1 Å². The molecule has 0 aromatic heterocycles. The van der Waals surface area contributed by atoms with Crippen LogP contribution in [0.4, 0.5) is 0 Å². The number of rotatable bonds is 8. The number of ketones is 1. The molecule has 2 aromatic rings. The van der Waals surface area contributed by atoms with E-state index in [1.807, 2.05) is 44.2 Å². The predicted octanol–water partition coefficient (Wildman–Crippen LogP) is 5.05. The molecule has 0 aliphatic carbocycles. The fraction of sp³-hybridized carbons (Fsp3) is 0.364. The Balaban J connectivity index is 2.16. The van der Waals surface area contributed by atoms with Gasteiger partial charge < -0.3 is 9.47 Å². The van der Waals surface area contributed by atoms with E-state index < -0.39 is 0 Å². The number of ether oxygens (including phenoxy) is 2. The van der Waals surface area contributed by atoms with Crippen LogP contribution in [0.3, 0.4) is 0 Å². The molecule has 0 radical (unpaired) electrons. The van der Waals surface area contributed by atoms with Gasteiger partial charge in [-0.05, 0) is 80.6 Å². The van der Waals surface area contributed by atoms with E-state index in [-0.39, 0.29) is 11.8 Å². The fourth-order valence-corrected chi connectivity index (χ4v) is 2.85. The van der Waals surface area contributed by atoms with Crippen molar-refractivity contribution in [3.63, 3.8) is 0 Å². The third-order valence-electron chi connectivity index (χ3n) is 4.16. The average Bonchev–Trinajstić information content (AvgIpc) is 2.60. The lowest BCUT2D eigenvalue weighted by Gasteiger charge is -2.12. The summed E-state index contributed by atoms with van der Waals surface area (Å²) in [4.78, 5) is 23.2. The quantitative estimate of drug-likeness (QED) is 0.492. The number of Topliss-reactive ketones (excluding diaryl/α,β-unsaturated/α-hetero) is 1. The van der Waals surface area contributed by atoms with E-state index in [0.29, 0.717) is 30.8 Å². The molecule has 0 aliphatic heterocycles. The molecule has 138 valence electrons. The Labute approximate surface area is 155 Å². The summed E-state index contributed by atoms with van der Waals surface area (Å²) in [6, 6.07) is 11.4. The molecule has 0 spiro atoms. The first-order valence-corrected chi connectivity index (χ1v) is 9.00. The highest BCUT2D eigenvalue weighted by molar-refractivity contribution is 5.94. The van der Waals surface area contributed by atoms with Gasteiger partial charge in [-0.2, -0.15) is 0 Å². The van der Waals surface area contributed by atoms with Gasteiger partial charge in [-0.1, -0.05) is 13.0 Å². The monoisotopic (exact) mass is 354 g/mol. The van der Waals surface area contributed by atoms with Crippen molar-refractivity contribution in [2.75, 3.05) is 6.61 Å². The molecule has 2 rings (SSSR count). The fourth-order valence-electron chi connectivity index (χ4n) is 2.85. The van der Waals surface area contributed by atoms with Crippen molar-refractivity contribution in [1.82, 2.24) is 0 Å². The van der Waals surface area contributed by atoms with Crippen molar-refractivity contribution in [2.24, 2.45) is 0 Å². The minimum Gasteiger partial charge on any atom is -0.466 e. The van der Waals surface area contributed by atoms with Crippen LogP contribution in [-0.2, 0) is 22.4 Å². The van der Waals surface area contributed by atoms with Crippen molar-refractivity contribution in [3.05, 3.63) is 58.7 Å². The first-order chi connectivity index (χ1) is 12.4. The Morgan fingerprint density at radius 3 is 2.38 bits per heavy atom. The van der Waals surface area contributed by atoms with Crippen molar-refractivity contribution in [3.8, 4) is 11.5 Å². The summed E-state index contributed by atoms with van der Waals surface area (Å²) >= 11 is 0. The summed E-state index contributed by atoms with van der Waals surface area (Å²) in [6.07, 6.45) is 1.88. The summed E-state index contributed by atoms with van der Waals surface area (Å²) in [6.45, 7) is 7.78. The molecule has 0 fully saturated rings. The van der Waals surface area contributed by atoms with Crippen LogP contribution in [0, 0.1) is 6.92 Å². The van der Waals surface area contributed by atoms with E-state index in [1.54, 1.807) is 13.0 Å². The maximum Gasteiger partial charge on any atom is 0.306 e. The van der Waals surface area contributed by atoms with Crippen LogP contribution in [-0.4, -0.2) is 18.4 Å². The molecule has 4 heteroatoms. The van der Waals surface area contributed by atoms with E-state index >= 15 is 0 Å². The molecule has 2 aromatic carbocycles. The second-order valence-electron chi connectivity index (χ2n) is 6.28. The summed E-state index contributed by atoms with van der Waals surface area (Å²) in [5.41, 5.74) is 3.89. The maximum absolute atomic E-state index is 11.6. The molecule has 0 unspecified atom stereocenters. The highest BCUT2D eigenvalue weighted by Gasteiger charge is 2.09. The lowest BCUT2D eigenvalue weighted by atomic mass is 10.0. The number of esters is 1. The van der Waals surface area contributed by atoms with Crippen LogP contribution in [0.15, 0.2) is 36.4 Å². The normalized spacial score (nSPS) is 10.5. The van der Waals surface area contributed by atoms with Gasteiger partial charge in [0.1, 0.15) is 11.5 Å². The zero-order chi connectivity index (χ0) is 19.1. The first kappa shape index (κ1) is 19.7. The zero-order valence-electron chi connectivity index (χ0n) is 15.9. The van der Waals surface area contributed by atoms with E-state index in [9.17, 15) is 9.59 Å². The van der Waals surface area contributed by atoms with Gasteiger partial charge in [0.05, 0.1) is 6.61 Å². The Hall–Kier alpha value is -2.62. The summed E-state index contributed by atoms with van der Waals surface area (Å²) in [5.74, 6) is 1.21. The molecule has 0 saturated heterocycles. The van der Waals surface area contributed by atoms with Crippen LogP contribution >= 0.6 is 0 Å². The number of aryl methyl sites for hydroxylation is 3. The molecule has 4 nitrogen and oxygen atoms in total. The van der Waals surface area contributed by atoms with E-state index in [0.717, 1.165) is 28.9 Å². The van der Waals surface area contributed by atoms with Gasteiger partial charge in [-0.3, -0.25) is 9.59 Å². The van der Waals surface area contributed by atoms with Crippen LogP contribution in [0.25, 0.3) is 0 Å². The van der Waals surface area contributed by atoms with Crippen LogP contribution in [0.2, 0.25) is 0 Å². The van der Waals surface area contributed by atoms with E-state index in [2.05, 4.69) is 6.92 Å². The molecule has 0 bridgehead atoms. The van der Waals surface area contributed by atoms with Crippen molar-refractivity contribution >= 4 is 11.8 Å². The predicted molar refractivity (Wildman–Crippen MR) is 102 cm³/mol. The smallest absolute Gasteiger partial charge is 0.306 e. The largest absolute Gasteiger partial charge is 0.466 e. The molecule has 26 heavy (non-hydrogen) atoms. The Kier molecular flexibility index (Phi) is 6.96. The second-order valence-corrected chi connectivity index (χ2v) is 6.28. The third kappa shape index (κ3) is 5.45. The zero-order valence-corrected chi connectivity index (χ0v) is 15.9. The lowest BCUT2D eigenvalue weighted by molar-refractivity contribution is -0.143. The number of carbonyl (C=O) groups is 2. The highest BCUT2D eigenvalue weighted by atomic mass is 16.5. The topological polar surface area (TPSA) is 52.6 Å². The van der Waals surface area contributed by atoms with Crippen LogP contribution in [0.5, 0.6) is 11.5 Å². The van der Waals surface area contributed by atoms with Gasteiger partial charge in [0.15, 0.2) is 5.78 Å². The van der Waals surface area contributed by atoms with E-state index in [4.69, 9.17) is 9.47 Å². The molecule has 0 aliphatic rings. The summed E-state index contributed by atoms with van der Waals surface area (Å²) in [7, 11) is 0. The highest BCUT2D eigenvalue weighted by Crippen LogP contribution is 2.27. The van der Waals surface area contributed by atoms with Gasteiger partial charge in [0.2, 0.25) is 0 Å². The van der Waals surface area contributed by atoms with Gasteiger partial charge in [0, 0.05) is 12.0 Å². The van der Waals surface area contributed by atoms with Gasteiger partial charge in [0.25, 0.3) is 0 Å². The average molecular weight is 354 g/mol. The number of benzene rings is 2. The lowest BCUT2D eigenvalue weighted by Crippen LogP contribution is -2.06. The molecule has 0 atom stereocenters. The molecule has 0 saturated carbocycles. The Bertz CT molecular complexity index is 793. The number of carbonyl (C=O) groups excluding carboxylic acids is 2. The summed E-state index contributed by atoms with van der Waals surface area (Å²) in [5, 5.41) is 0. The number of hydrogen-bond acceptors (Lipinski definition) is 4. The minimum atomic E-state index is -0.175. The van der Waals surface area contributed by atoms with Gasteiger partial charge in [-0.25, -0.2) is 0 Å². The maximum atomic E-state index is 11.6. The van der Waals surface area contributed by atoms with Gasteiger partial charge >= 0.3 is 5.97 Å².